The molecule has 3 aromatic rings. The van der Waals surface area contributed by atoms with Crippen molar-refractivity contribution in [1.29, 1.82) is 0 Å². The van der Waals surface area contributed by atoms with Crippen LogP contribution in [0, 0.1) is 6.92 Å². The second kappa shape index (κ2) is 6.43. The van der Waals surface area contributed by atoms with Gasteiger partial charge in [-0.3, -0.25) is 9.48 Å². The Hall–Kier alpha value is -3.09. The molecule has 0 radical (unpaired) electrons. The van der Waals surface area contributed by atoms with Crippen LogP contribution in [-0.2, 0) is 13.6 Å². The van der Waals surface area contributed by atoms with E-state index in [0.717, 1.165) is 11.3 Å². The zero-order valence-electron chi connectivity index (χ0n) is 14.6. The molecule has 0 aliphatic carbocycles. The van der Waals surface area contributed by atoms with Crippen LogP contribution in [0.4, 0.5) is 0 Å². The molecule has 0 bridgehead atoms. The van der Waals surface area contributed by atoms with Crippen molar-refractivity contribution in [2.45, 2.75) is 13.5 Å². The van der Waals surface area contributed by atoms with E-state index in [2.05, 4.69) is 5.10 Å². The zero-order valence-corrected chi connectivity index (χ0v) is 14.6. The van der Waals surface area contributed by atoms with E-state index in [0.29, 0.717) is 28.8 Å². The van der Waals surface area contributed by atoms with Crippen LogP contribution >= 0.6 is 0 Å². The van der Waals surface area contributed by atoms with Crippen molar-refractivity contribution in [1.82, 2.24) is 14.7 Å². The molecule has 130 valence electrons. The SMILES string of the molecule is COc1ccc2c(C(=O)N(C)Cc3cn(C)nc3C)cc(=O)oc2c1. The molecule has 1 amide bonds. The van der Waals surface area contributed by atoms with Crippen LogP contribution in [0.25, 0.3) is 11.0 Å². The number of carbonyl (C=O) groups excluding carboxylic acids is 1. The molecule has 0 aliphatic rings. The first-order valence-corrected chi connectivity index (χ1v) is 7.75. The average molecular weight is 341 g/mol. The lowest BCUT2D eigenvalue weighted by molar-refractivity contribution is 0.0786. The molecule has 7 nitrogen and oxygen atoms in total. The Morgan fingerprint density at radius 3 is 2.76 bits per heavy atom. The summed E-state index contributed by atoms with van der Waals surface area (Å²) in [4.78, 5) is 26.3. The van der Waals surface area contributed by atoms with Crippen LogP contribution in [0.15, 0.2) is 39.7 Å². The van der Waals surface area contributed by atoms with Crippen LogP contribution < -0.4 is 10.4 Å². The van der Waals surface area contributed by atoms with Gasteiger partial charge in [0.15, 0.2) is 0 Å². The summed E-state index contributed by atoms with van der Waals surface area (Å²) in [5.74, 6) is 0.297. The number of benzene rings is 1. The number of hydrogen-bond donors (Lipinski definition) is 0. The highest BCUT2D eigenvalue weighted by molar-refractivity contribution is 6.05. The van der Waals surface area contributed by atoms with Gasteiger partial charge in [0, 0.05) is 49.9 Å². The second-order valence-electron chi connectivity index (χ2n) is 5.92. The molecule has 7 heteroatoms. The number of fused-ring (bicyclic) bond motifs is 1. The van der Waals surface area contributed by atoms with Gasteiger partial charge in [0.2, 0.25) is 0 Å². The van der Waals surface area contributed by atoms with E-state index in [1.165, 1.54) is 13.2 Å². The average Bonchev–Trinajstić information content (AvgIpc) is 2.89. The van der Waals surface area contributed by atoms with E-state index in [1.54, 1.807) is 34.8 Å². The van der Waals surface area contributed by atoms with E-state index in [-0.39, 0.29) is 5.91 Å². The topological polar surface area (TPSA) is 77.6 Å². The summed E-state index contributed by atoms with van der Waals surface area (Å²) in [5.41, 5.74) is 1.87. The molecule has 0 spiro atoms. The first-order chi connectivity index (χ1) is 11.9. The van der Waals surface area contributed by atoms with Gasteiger partial charge >= 0.3 is 5.63 Å². The van der Waals surface area contributed by atoms with Crippen LogP contribution in [-0.4, -0.2) is 34.7 Å². The number of ether oxygens (including phenoxy) is 1. The Labute approximate surface area is 144 Å². The van der Waals surface area contributed by atoms with Crippen molar-refractivity contribution in [2.75, 3.05) is 14.2 Å². The quantitative estimate of drug-likeness (QED) is 0.679. The van der Waals surface area contributed by atoms with Crippen LogP contribution in [0.2, 0.25) is 0 Å². The number of hydrogen-bond acceptors (Lipinski definition) is 5. The third-order valence-electron chi connectivity index (χ3n) is 4.05. The third-order valence-corrected chi connectivity index (χ3v) is 4.05. The Balaban J connectivity index is 1.98. The van der Waals surface area contributed by atoms with Crippen molar-refractivity contribution in [3.63, 3.8) is 0 Å². The van der Waals surface area contributed by atoms with E-state index in [9.17, 15) is 9.59 Å². The van der Waals surface area contributed by atoms with Crippen LogP contribution in [0.1, 0.15) is 21.6 Å². The van der Waals surface area contributed by atoms with Gasteiger partial charge in [-0.15, -0.1) is 0 Å². The summed E-state index contributed by atoms with van der Waals surface area (Å²) >= 11 is 0. The molecule has 0 saturated carbocycles. The number of rotatable bonds is 4. The monoisotopic (exact) mass is 341 g/mol. The summed E-state index contributed by atoms with van der Waals surface area (Å²) in [6.45, 7) is 2.29. The molecule has 2 heterocycles. The normalized spacial score (nSPS) is 10.9. The molecule has 0 atom stereocenters. The minimum atomic E-state index is -0.574. The number of carbonyl (C=O) groups is 1. The summed E-state index contributed by atoms with van der Waals surface area (Å²) in [6, 6.07) is 6.26. The molecule has 0 unspecified atom stereocenters. The lowest BCUT2D eigenvalue weighted by Crippen LogP contribution is -2.27. The largest absolute Gasteiger partial charge is 0.497 e. The third kappa shape index (κ3) is 3.26. The van der Waals surface area contributed by atoms with Crippen molar-refractivity contribution >= 4 is 16.9 Å². The Bertz CT molecular complexity index is 1000. The van der Waals surface area contributed by atoms with Gasteiger partial charge in [-0.05, 0) is 19.1 Å². The van der Waals surface area contributed by atoms with Gasteiger partial charge < -0.3 is 14.1 Å². The zero-order chi connectivity index (χ0) is 18.1. The van der Waals surface area contributed by atoms with E-state index in [4.69, 9.17) is 9.15 Å². The molecule has 3 rings (SSSR count). The predicted molar refractivity (Wildman–Crippen MR) is 92.8 cm³/mol. The van der Waals surface area contributed by atoms with E-state index in [1.807, 2.05) is 20.2 Å². The predicted octanol–water partition coefficient (Wildman–Crippen LogP) is 2.12. The van der Waals surface area contributed by atoms with Crippen molar-refractivity contribution < 1.29 is 13.9 Å². The lowest BCUT2D eigenvalue weighted by atomic mass is 10.1. The molecular weight excluding hydrogens is 322 g/mol. The van der Waals surface area contributed by atoms with Crippen LogP contribution in [0.3, 0.4) is 0 Å². The minimum Gasteiger partial charge on any atom is -0.497 e. The molecule has 25 heavy (non-hydrogen) atoms. The lowest BCUT2D eigenvalue weighted by Gasteiger charge is -2.17. The van der Waals surface area contributed by atoms with Gasteiger partial charge in [-0.1, -0.05) is 0 Å². The highest BCUT2D eigenvalue weighted by Gasteiger charge is 2.19. The number of aromatic nitrogens is 2. The fraction of sp³-hybridized carbons (Fsp3) is 0.278. The fourth-order valence-electron chi connectivity index (χ4n) is 2.78. The molecule has 0 aliphatic heterocycles. The van der Waals surface area contributed by atoms with Gasteiger partial charge in [0.1, 0.15) is 11.3 Å². The smallest absolute Gasteiger partial charge is 0.337 e. The Morgan fingerprint density at radius 1 is 1.36 bits per heavy atom. The molecular formula is C18H19N3O4. The Kier molecular flexibility index (Phi) is 4.31. The highest BCUT2D eigenvalue weighted by atomic mass is 16.5. The highest BCUT2D eigenvalue weighted by Crippen LogP contribution is 2.23. The van der Waals surface area contributed by atoms with E-state index >= 15 is 0 Å². The number of methoxy groups -OCH3 is 1. The maximum absolute atomic E-state index is 12.9. The second-order valence-corrected chi connectivity index (χ2v) is 5.92. The summed E-state index contributed by atoms with van der Waals surface area (Å²) in [6.07, 6.45) is 1.88. The van der Waals surface area contributed by atoms with Crippen LogP contribution in [0.5, 0.6) is 5.75 Å². The molecule has 0 fully saturated rings. The minimum absolute atomic E-state index is 0.258. The molecule has 1 aromatic carbocycles. The summed E-state index contributed by atoms with van der Waals surface area (Å²) in [5, 5.41) is 4.85. The fourth-order valence-corrected chi connectivity index (χ4v) is 2.78. The van der Waals surface area contributed by atoms with Crippen molar-refractivity contribution in [3.8, 4) is 5.75 Å². The van der Waals surface area contributed by atoms with Crippen molar-refractivity contribution in [2.24, 2.45) is 7.05 Å². The standard InChI is InChI=1S/C18H19N3O4/c1-11-12(10-21(3)19-11)9-20(2)18(23)15-8-17(22)25-16-7-13(24-4)5-6-14(15)16/h5-8,10H,9H2,1-4H3. The van der Waals surface area contributed by atoms with E-state index < -0.39 is 5.63 Å². The molecule has 0 N–H and O–H groups in total. The van der Waals surface area contributed by atoms with Gasteiger partial charge in [0.05, 0.1) is 18.4 Å². The van der Waals surface area contributed by atoms with Crippen molar-refractivity contribution in [3.05, 3.63) is 57.7 Å². The number of amides is 1. The number of aryl methyl sites for hydroxylation is 2. The summed E-state index contributed by atoms with van der Waals surface area (Å²) < 4.78 is 12.0. The number of nitrogens with zero attached hydrogens (tertiary/aromatic N) is 3. The summed E-state index contributed by atoms with van der Waals surface area (Å²) in [7, 11) is 5.05. The first kappa shape index (κ1) is 16.8. The molecule has 2 aromatic heterocycles. The maximum Gasteiger partial charge on any atom is 0.337 e. The Morgan fingerprint density at radius 2 is 2.12 bits per heavy atom. The maximum atomic E-state index is 12.9. The van der Waals surface area contributed by atoms with Gasteiger partial charge in [0.25, 0.3) is 5.91 Å². The van der Waals surface area contributed by atoms with Gasteiger partial charge in [-0.2, -0.15) is 5.10 Å². The first-order valence-electron chi connectivity index (χ1n) is 7.75. The van der Waals surface area contributed by atoms with Gasteiger partial charge in [-0.25, -0.2) is 4.79 Å². The molecule has 0 saturated heterocycles.